The van der Waals surface area contributed by atoms with E-state index in [9.17, 15) is 9.59 Å². The quantitative estimate of drug-likeness (QED) is 0.578. The lowest BCUT2D eigenvalue weighted by molar-refractivity contribution is 0.0226. The summed E-state index contributed by atoms with van der Waals surface area (Å²) in [5, 5.41) is 8.71. The van der Waals surface area contributed by atoms with Crippen molar-refractivity contribution in [1.29, 1.82) is 0 Å². The first-order valence-corrected chi connectivity index (χ1v) is 9.53. The number of pyridine rings is 1. The van der Waals surface area contributed by atoms with Gasteiger partial charge in [-0.2, -0.15) is 0 Å². The normalized spacial score (nSPS) is 18.0. The number of H-pyrrole nitrogens is 1. The number of anilines is 2. The summed E-state index contributed by atoms with van der Waals surface area (Å²) in [5.41, 5.74) is -0.129. The highest BCUT2D eigenvalue weighted by atomic mass is 35.5. The number of aromatic nitrogens is 4. The summed E-state index contributed by atoms with van der Waals surface area (Å²) in [4.78, 5) is 37.6. The van der Waals surface area contributed by atoms with E-state index >= 15 is 0 Å². The fourth-order valence-corrected chi connectivity index (χ4v) is 4.23. The maximum Gasteiger partial charge on any atom is 0.293 e. The molecule has 5 rings (SSSR count). The highest BCUT2D eigenvalue weighted by molar-refractivity contribution is 6.34. The smallest absolute Gasteiger partial charge is 0.293 e. The molecule has 0 aliphatic carbocycles. The molecule has 0 saturated carbocycles. The fourth-order valence-electron chi connectivity index (χ4n) is 3.95. The Hall–Kier alpha value is -3.11. The zero-order valence-corrected chi connectivity index (χ0v) is 16.3. The molecule has 3 aromatic heterocycles. The molecule has 0 bridgehead atoms. The van der Waals surface area contributed by atoms with Crippen molar-refractivity contribution in [2.45, 2.75) is 18.5 Å². The van der Waals surface area contributed by atoms with Gasteiger partial charge in [0.2, 0.25) is 0 Å². The lowest BCUT2D eigenvalue weighted by Gasteiger charge is -2.49. The van der Waals surface area contributed by atoms with Crippen molar-refractivity contribution < 1.29 is 9.53 Å². The summed E-state index contributed by atoms with van der Waals surface area (Å²) < 4.78 is 6.78. The molecule has 0 radical (unpaired) electrons. The average molecular weight is 416 g/mol. The molecule has 11 heteroatoms. The van der Waals surface area contributed by atoms with Crippen LogP contribution in [0.25, 0.3) is 11.0 Å². The predicted molar refractivity (Wildman–Crippen MR) is 107 cm³/mol. The van der Waals surface area contributed by atoms with E-state index in [1.54, 1.807) is 18.3 Å². The average Bonchev–Trinajstić information content (AvgIpc) is 3.19. The summed E-state index contributed by atoms with van der Waals surface area (Å²) in [7, 11) is 1.77. The van der Waals surface area contributed by atoms with Crippen LogP contribution < -0.4 is 21.2 Å². The van der Waals surface area contributed by atoms with Crippen LogP contribution in [0.3, 0.4) is 0 Å². The Morgan fingerprint density at radius 2 is 2.07 bits per heavy atom. The van der Waals surface area contributed by atoms with E-state index < -0.39 is 11.2 Å². The molecule has 1 fully saturated rings. The number of nitrogens with one attached hydrogen (secondary N) is 3. The number of rotatable bonds is 2. The van der Waals surface area contributed by atoms with Crippen LogP contribution in [0.2, 0.25) is 5.02 Å². The Bertz CT molecular complexity index is 1180. The van der Waals surface area contributed by atoms with Crippen LogP contribution in [0.1, 0.15) is 23.3 Å². The van der Waals surface area contributed by atoms with E-state index in [1.807, 2.05) is 6.07 Å². The van der Waals surface area contributed by atoms with Crippen LogP contribution in [-0.2, 0) is 4.74 Å². The van der Waals surface area contributed by atoms with Gasteiger partial charge in [0, 0.05) is 26.1 Å². The number of hydrogen-bond donors (Lipinski definition) is 3. The lowest BCUT2D eigenvalue weighted by atomic mass is 9.98. The van der Waals surface area contributed by atoms with Gasteiger partial charge < -0.3 is 20.4 Å². The first kappa shape index (κ1) is 18.0. The SMILES string of the molecule is CN1n2c(c(Cl)cc(Nc3ncnc4[nH]ccc34)c2=O)C(=O)NC12CCOCC2. The maximum absolute atomic E-state index is 13.4. The number of ether oxygens (including phenoxy) is 1. The zero-order valence-electron chi connectivity index (χ0n) is 15.5. The topological polar surface area (TPSA) is 117 Å². The third kappa shape index (κ3) is 2.67. The van der Waals surface area contributed by atoms with Gasteiger partial charge in [-0.15, -0.1) is 0 Å². The Labute approximate surface area is 169 Å². The highest BCUT2D eigenvalue weighted by Gasteiger charge is 2.45. The maximum atomic E-state index is 13.4. The van der Waals surface area contributed by atoms with Crippen molar-refractivity contribution in [2.75, 3.05) is 30.6 Å². The first-order chi connectivity index (χ1) is 14.0. The molecule has 0 atom stereocenters. The van der Waals surface area contributed by atoms with Gasteiger partial charge in [0.15, 0.2) is 0 Å². The fraction of sp³-hybridized carbons (Fsp3) is 0.333. The number of hydrogen-bond acceptors (Lipinski definition) is 7. The Morgan fingerprint density at radius 1 is 1.28 bits per heavy atom. The molecule has 1 saturated heterocycles. The van der Waals surface area contributed by atoms with Gasteiger partial charge in [-0.3, -0.25) is 14.6 Å². The number of halogens is 1. The van der Waals surface area contributed by atoms with Crippen LogP contribution in [-0.4, -0.2) is 51.5 Å². The second-order valence-electron chi connectivity index (χ2n) is 7.08. The lowest BCUT2D eigenvalue weighted by Crippen LogP contribution is -2.71. The number of carbonyl (C=O) groups is 1. The van der Waals surface area contributed by atoms with Gasteiger partial charge in [-0.25, -0.2) is 14.6 Å². The van der Waals surface area contributed by atoms with Crippen LogP contribution in [0, 0.1) is 0 Å². The van der Waals surface area contributed by atoms with Gasteiger partial charge in [0.1, 0.15) is 34.8 Å². The zero-order chi connectivity index (χ0) is 20.2. The number of fused-ring (bicyclic) bond motifs is 2. The minimum atomic E-state index is -0.697. The number of nitrogens with zero attached hydrogens (tertiary/aromatic N) is 4. The number of aromatic amines is 1. The molecule has 2 aliphatic rings. The molecule has 3 aromatic rings. The summed E-state index contributed by atoms with van der Waals surface area (Å²) in [6.45, 7) is 0.986. The van der Waals surface area contributed by atoms with Crippen molar-refractivity contribution in [3.8, 4) is 0 Å². The summed E-state index contributed by atoms with van der Waals surface area (Å²) in [5.74, 6) is 0.0855. The van der Waals surface area contributed by atoms with Gasteiger partial charge >= 0.3 is 0 Å². The van der Waals surface area contributed by atoms with Crippen molar-refractivity contribution >= 4 is 40.0 Å². The Balaban J connectivity index is 1.63. The van der Waals surface area contributed by atoms with E-state index in [2.05, 4.69) is 25.6 Å². The van der Waals surface area contributed by atoms with E-state index in [4.69, 9.17) is 16.3 Å². The first-order valence-electron chi connectivity index (χ1n) is 9.15. The third-order valence-corrected chi connectivity index (χ3v) is 5.83. The number of carbonyl (C=O) groups excluding carboxylic acids is 1. The van der Waals surface area contributed by atoms with Gasteiger partial charge in [-0.05, 0) is 12.1 Å². The molecule has 150 valence electrons. The summed E-state index contributed by atoms with van der Waals surface area (Å²) in [6, 6.07) is 3.26. The summed E-state index contributed by atoms with van der Waals surface area (Å²) >= 11 is 6.42. The second kappa shape index (κ2) is 6.46. The van der Waals surface area contributed by atoms with Gasteiger partial charge in [0.25, 0.3) is 11.5 Å². The van der Waals surface area contributed by atoms with Crippen molar-refractivity contribution in [1.82, 2.24) is 24.9 Å². The van der Waals surface area contributed by atoms with E-state index in [0.29, 0.717) is 37.5 Å². The molecule has 10 nitrogen and oxygen atoms in total. The molecule has 0 unspecified atom stereocenters. The molecule has 3 N–H and O–H groups in total. The van der Waals surface area contributed by atoms with Crippen LogP contribution in [0.15, 0.2) is 29.5 Å². The monoisotopic (exact) mass is 415 g/mol. The number of amides is 1. The molecular formula is C18H18ClN7O3. The minimum absolute atomic E-state index is 0.108. The van der Waals surface area contributed by atoms with Crippen molar-refractivity contribution in [3.63, 3.8) is 0 Å². The van der Waals surface area contributed by atoms with Crippen LogP contribution in [0.4, 0.5) is 11.5 Å². The van der Waals surface area contributed by atoms with Gasteiger partial charge in [0.05, 0.1) is 23.6 Å². The second-order valence-corrected chi connectivity index (χ2v) is 7.49. The van der Waals surface area contributed by atoms with Crippen LogP contribution in [0.5, 0.6) is 0 Å². The Kier molecular flexibility index (Phi) is 4.00. The van der Waals surface area contributed by atoms with Gasteiger partial charge in [-0.1, -0.05) is 11.6 Å². The predicted octanol–water partition coefficient (Wildman–Crippen LogP) is 1.33. The molecule has 29 heavy (non-hydrogen) atoms. The molecular weight excluding hydrogens is 398 g/mol. The molecule has 2 aliphatic heterocycles. The Morgan fingerprint density at radius 3 is 2.86 bits per heavy atom. The molecule has 1 spiro atoms. The highest BCUT2D eigenvalue weighted by Crippen LogP contribution is 2.31. The van der Waals surface area contributed by atoms with Crippen molar-refractivity contribution in [3.05, 3.63) is 45.7 Å². The summed E-state index contributed by atoms with van der Waals surface area (Å²) in [6.07, 6.45) is 4.26. The van der Waals surface area contributed by atoms with Crippen LogP contribution >= 0.6 is 11.6 Å². The molecule has 5 heterocycles. The van der Waals surface area contributed by atoms with Crippen molar-refractivity contribution in [2.24, 2.45) is 0 Å². The van der Waals surface area contributed by atoms with E-state index in [-0.39, 0.29) is 22.3 Å². The van der Waals surface area contributed by atoms with E-state index in [0.717, 1.165) is 5.39 Å². The molecule has 0 aromatic carbocycles. The third-order valence-electron chi connectivity index (χ3n) is 5.54. The largest absolute Gasteiger partial charge is 0.381 e. The standard InChI is InChI=1S/C18H18ClN7O3/c1-25-18(3-6-29-7-4-18)24-16(27)13-11(19)8-12(17(28)26(13)25)23-15-10-2-5-20-14(10)21-9-22-15/h2,5,8-9H,3-4,6-7H2,1H3,(H,24,27)(H2,20,21,22,23). The minimum Gasteiger partial charge on any atom is -0.381 e. The molecule has 1 amide bonds. The van der Waals surface area contributed by atoms with E-state index in [1.165, 1.54) is 17.1 Å².